The number of thiophene rings is 1. The molecule has 1 aromatic rings. The summed E-state index contributed by atoms with van der Waals surface area (Å²) in [5.74, 6) is 0.549. The molecule has 0 amide bonds. The zero-order chi connectivity index (χ0) is 13.7. The third-order valence-electron chi connectivity index (χ3n) is 3.45. The zero-order valence-corrected chi connectivity index (χ0v) is 16.4. The number of halogens is 2. The minimum Gasteiger partial charge on any atom is -0.370 e. The summed E-state index contributed by atoms with van der Waals surface area (Å²) in [6.45, 7) is 6.09. The Labute approximate surface area is 150 Å². The molecule has 20 heavy (non-hydrogen) atoms. The highest BCUT2D eigenvalue weighted by Gasteiger charge is 2.22. The van der Waals surface area contributed by atoms with Crippen LogP contribution in [0.5, 0.6) is 0 Å². The van der Waals surface area contributed by atoms with E-state index in [0.717, 1.165) is 17.6 Å². The van der Waals surface area contributed by atoms with Gasteiger partial charge in [0.25, 0.3) is 0 Å². The minimum atomic E-state index is 0. The Balaban J connectivity index is 0.00000200. The predicted molar refractivity (Wildman–Crippen MR) is 101 cm³/mol. The van der Waals surface area contributed by atoms with Gasteiger partial charge in [0, 0.05) is 27.3 Å². The van der Waals surface area contributed by atoms with Gasteiger partial charge >= 0.3 is 0 Å². The molecular formula is C13H22BrIN4S. The fraction of sp³-hybridized carbons (Fsp3) is 0.615. The van der Waals surface area contributed by atoms with Crippen molar-refractivity contribution in [1.29, 1.82) is 0 Å². The van der Waals surface area contributed by atoms with Gasteiger partial charge in [-0.25, -0.2) is 4.99 Å². The van der Waals surface area contributed by atoms with Crippen molar-refractivity contribution in [1.82, 2.24) is 10.2 Å². The van der Waals surface area contributed by atoms with Crippen molar-refractivity contribution in [3.05, 3.63) is 20.8 Å². The van der Waals surface area contributed by atoms with Gasteiger partial charge in [-0.1, -0.05) is 6.92 Å². The van der Waals surface area contributed by atoms with Gasteiger partial charge in [0.2, 0.25) is 0 Å². The Kier molecular flexibility index (Phi) is 8.38. The van der Waals surface area contributed by atoms with Crippen LogP contribution in [0.25, 0.3) is 0 Å². The molecule has 2 heterocycles. The molecular weight excluding hydrogens is 451 g/mol. The SMILES string of the molecule is CCN1CCCC1CNC(N)=NCc1cc(Br)cs1.I. The van der Waals surface area contributed by atoms with Gasteiger partial charge in [-0.2, -0.15) is 0 Å². The molecule has 7 heteroatoms. The van der Waals surface area contributed by atoms with Crippen molar-refractivity contribution < 1.29 is 0 Å². The highest BCUT2D eigenvalue weighted by atomic mass is 127. The van der Waals surface area contributed by atoms with Crippen LogP contribution in [0.3, 0.4) is 0 Å². The smallest absolute Gasteiger partial charge is 0.189 e. The van der Waals surface area contributed by atoms with Crippen molar-refractivity contribution in [2.75, 3.05) is 19.6 Å². The molecule has 114 valence electrons. The van der Waals surface area contributed by atoms with Crippen LogP contribution in [0.4, 0.5) is 0 Å². The Morgan fingerprint density at radius 1 is 1.65 bits per heavy atom. The van der Waals surface area contributed by atoms with E-state index >= 15 is 0 Å². The average molecular weight is 473 g/mol. The van der Waals surface area contributed by atoms with E-state index in [9.17, 15) is 0 Å². The van der Waals surface area contributed by atoms with Gasteiger partial charge in [-0.15, -0.1) is 35.3 Å². The average Bonchev–Trinajstić information content (AvgIpc) is 3.02. The number of hydrogen-bond donors (Lipinski definition) is 2. The van der Waals surface area contributed by atoms with E-state index in [0.29, 0.717) is 18.5 Å². The summed E-state index contributed by atoms with van der Waals surface area (Å²) >= 11 is 5.13. The number of rotatable bonds is 5. The van der Waals surface area contributed by atoms with E-state index in [1.54, 1.807) is 11.3 Å². The van der Waals surface area contributed by atoms with Crippen molar-refractivity contribution in [3.63, 3.8) is 0 Å². The lowest BCUT2D eigenvalue weighted by molar-refractivity contribution is 0.267. The van der Waals surface area contributed by atoms with Gasteiger partial charge in [0.1, 0.15) is 0 Å². The standard InChI is InChI=1S/C13H21BrN4S.HI/c1-2-18-5-3-4-11(18)7-16-13(15)17-8-12-6-10(14)9-19-12;/h6,9,11H,2-5,7-8H2,1H3,(H3,15,16,17);1H. The molecule has 0 bridgehead atoms. The van der Waals surface area contributed by atoms with E-state index in [4.69, 9.17) is 5.73 Å². The molecule has 0 aliphatic carbocycles. The lowest BCUT2D eigenvalue weighted by Gasteiger charge is -2.23. The molecule has 1 aliphatic rings. The van der Waals surface area contributed by atoms with Crippen LogP contribution < -0.4 is 11.1 Å². The van der Waals surface area contributed by atoms with Gasteiger partial charge in [0.05, 0.1) is 6.54 Å². The van der Waals surface area contributed by atoms with Crippen LogP contribution in [0.2, 0.25) is 0 Å². The summed E-state index contributed by atoms with van der Waals surface area (Å²) in [6.07, 6.45) is 2.55. The second-order valence-corrected chi connectivity index (χ2v) is 6.65. The second kappa shape index (κ2) is 9.22. The number of likely N-dealkylation sites (N-methyl/N-ethyl adjacent to an activating group) is 1. The van der Waals surface area contributed by atoms with Crippen molar-refractivity contribution in [3.8, 4) is 0 Å². The maximum Gasteiger partial charge on any atom is 0.189 e. The summed E-state index contributed by atoms with van der Waals surface area (Å²) in [7, 11) is 0. The molecule has 4 nitrogen and oxygen atoms in total. The molecule has 0 saturated carbocycles. The van der Waals surface area contributed by atoms with Crippen LogP contribution in [0.15, 0.2) is 20.9 Å². The Morgan fingerprint density at radius 3 is 3.10 bits per heavy atom. The lowest BCUT2D eigenvalue weighted by Crippen LogP contribution is -2.42. The summed E-state index contributed by atoms with van der Waals surface area (Å²) in [6, 6.07) is 2.69. The van der Waals surface area contributed by atoms with Gasteiger partial charge < -0.3 is 11.1 Å². The third-order valence-corrected chi connectivity index (χ3v) is 5.13. The summed E-state index contributed by atoms with van der Waals surface area (Å²) in [5, 5.41) is 5.31. The van der Waals surface area contributed by atoms with E-state index in [2.05, 4.69) is 49.5 Å². The largest absolute Gasteiger partial charge is 0.370 e. The first-order valence-electron chi connectivity index (χ1n) is 6.69. The molecule has 1 aromatic heterocycles. The topological polar surface area (TPSA) is 53.6 Å². The van der Waals surface area contributed by atoms with Gasteiger partial charge in [-0.3, -0.25) is 4.90 Å². The first-order valence-corrected chi connectivity index (χ1v) is 8.37. The number of nitrogens with two attached hydrogens (primary N) is 1. The molecule has 1 saturated heterocycles. The van der Waals surface area contributed by atoms with Crippen LogP contribution in [-0.4, -0.2) is 36.5 Å². The molecule has 0 radical (unpaired) electrons. The number of hydrogen-bond acceptors (Lipinski definition) is 3. The van der Waals surface area contributed by atoms with Crippen LogP contribution >= 0.6 is 51.2 Å². The fourth-order valence-corrected chi connectivity index (χ4v) is 3.80. The number of nitrogens with zero attached hydrogens (tertiary/aromatic N) is 2. The molecule has 1 aliphatic heterocycles. The third kappa shape index (κ3) is 5.50. The van der Waals surface area contributed by atoms with E-state index in [1.807, 2.05) is 0 Å². The maximum atomic E-state index is 5.91. The monoisotopic (exact) mass is 472 g/mol. The van der Waals surface area contributed by atoms with Gasteiger partial charge in [0.15, 0.2) is 5.96 Å². The number of aliphatic imine (C=N–C) groups is 1. The first kappa shape index (κ1) is 18.2. The van der Waals surface area contributed by atoms with Crippen molar-refractivity contribution in [2.24, 2.45) is 10.7 Å². The highest BCUT2D eigenvalue weighted by molar-refractivity contribution is 14.0. The molecule has 2 rings (SSSR count). The van der Waals surface area contributed by atoms with Crippen LogP contribution in [-0.2, 0) is 6.54 Å². The Hall–Kier alpha value is 0.140. The number of likely N-dealkylation sites (tertiary alicyclic amines) is 1. The molecule has 0 spiro atoms. The van der Waals surface area contributed by atoms with E-state index in [-0.39, 0.29) is 24.0 Å². The van der Waals surface area contributed by atoms with Crippen molar-refractivity contribution in [2.45, 2.75) is 32.4 Å². The van der Waals surface area contributed by atoms with Gasteiger partial charge in [-0.05, 0) is 47.9 Å². The van der Waals surface area contributed by atoms with E-state index in [1.165, 1.54) is 24.3 Å². The van der Waals surface area contributed by atoms with E-state index < -0.39 is 0 Å². The molecule has 1 fully saturated rings. The lowest BCUT2D eigenvalue weighted by atomic mass is 10.2. The summed E-state index contributed by atoms with van der Waals surface area (Å²) in [4.78, 5) is 8.09. The molecule has 0 aromatic carbocycles. The Bertz CT molecular complexity index is 438. The first-order chi connectivity index (χ1) is 9.19. The molecule has 1 unspecified atom stereocenters. The Morgan fingerprint density at radius 2 is 2.45 bits per heavy atom. The number of guanidine groups is 1. The maximum absolute atomic E-state index is 5.91. The fourth-order valence-electron chi connectivity index (χ4n) is 2.42. The van der Waals surface area contributed by atoms with Crippen LogP contribution in [0.1, 0.15) is 24.6 Å². The zero-order valence-electron chi connectivity index (χ0n) is 11.6. The van der Waals surface area contributed by atoms with Crippen molar-refractivity contribution >= 4 is 57.2 Å². The second-order valence-electron chi connectivity index (χ2n) is 4.74. The summed E-state index contributed by atoms with van der Waals surface area (Å²) < 4.78 is 1.11. The summed E-state index contributed by atoms with van der Waals surface area (Å²) in [5.41, 5.74) is 5.91. The highest BCUT2D eigenvalue weighted by Crippen LogP contribution is 2.20. The van der Waals surface area contributed by atoms with Crippen LogP contribution in [0, 0.1) is 0 Å². The molecule has 3 N–H and O–H groups in total. The quantitative estimate of drug-likeness (QED) is 0.393. The number of nitrogens with one attached hydrogen (secondary N) is 1. The normalized spacial score (nSPS) is 19.9. The molecule has 1 atom stereocenters. The minimum absolute atomic E-state index is 0. The predicted octanol–water partition coefficient (Wildman–Crippen LogP) is 3.02.